The molecule has 0 saturated carbocycles. The molecule has 7 heteroatoms. The minimum Gasteiger partial charge on any atom is -0.481 e. The number of aliphatic carboxylic acids is 1. The van der Waals surface area contributed by atoms with E-state index >= 15 is 0 Å². The summed E-state index contributed by atoms with van der Waals surface area (Å²) in [5.74, 6) is -1.10. The molecular formula is C27H26ClNO4S. The predicted molar refractivity (Wildman–Crippen MR) is 134 cm³/mol. The molecule has 176 valence electrons. The summed E-state index contributed by atoms with van der Waals surface area (Å²) in [4.78, 5) is 12.1. The summed E-state index contributed by atoms with van der Waals surface area (Å²) in [5.41, 5.74) is 2.57. The monoisotopic (exact) mass is 495 g/mol. The van der Waals surface area contributed by atoms with Crippen LogP contribution in [0.1, 0.15) is 37.6 Å². The second-order valence-corrected chi connectivity index (χ2v) is 11.7. The zero-order chi connectivity index (χ0) is 24.7. The molecule has 0 unspecified atom stereocenters. The van der Waals surface area contributed by atoms with E-state index in [2.05, 4.69) is 20.8 Å². The van der Waals surface area contributed by atoms with Crippen LogP contribution in [-0.2, 0) is 33.0 Å². The summed E-state index contributed by atoms with van der Waals surface area (Å²) in [7, 11) is -3.99. The normalized spacial score (nSPS) is 12.2. The van der Waals surface area contributed by atoms with Crippen molar-refractivity contribution in [3.05, 3.63) is 94.6 Å². The SMILES string of the molecule is CC(C)(C)c1ccc2c(c1)c(S(=O)(=O)c1ccccc1)c(CC(=O)O)n2Cc1ccc(Cl)cc1. The topological polar surface area (TPSA) is 76.4 Å². The predicted octanol–water partition coefficient (Wildman–Crippen LogP) is 6.10. The zero-order valence-corrected chi connectivity index (χ0v) is 20.8. The van der Waals surface area contributed by atoms with Gasteiger partial charge in [0.2, 0.25) is 9.84 Å². The number of aromatic nitrogens is 1. The zero-order valence-electron chi connectivity index (χ0n) is 19.2. The molecule has 1 aromatic heterocycles. The molecular weight excluding hydrogens is 470 g/mol. The number of nitrogens with zero attached hydrogens (tertiary/aromatic N) is 1. The van der Waals surface area contributed by atoms with Crippen molar-refractivity contribution in [1.29, 1.82) is 0 Å². The lowest BCUT2D eigenvalue weighted by atomic mass is 9.86. The van der Waals surface area contributed by atoms with Crippen LogP contribution < -0.4 is 0 Å². The number of benzene rings is 3. The molecule has 3 aromatic carbocycles. The Morgan fingerprint density at radius 3 is 2.21 bits per heavy atom. The van der Waals surface area contributed by atoms with Crippen molar-refractivity contribution in [3.8, 4) is 0 Å². The molecule has 34 heavy (non-hydrogen) atoms. The largest absolute Gasteiger partial charge is 0.481 e. The van der Waals surface area contributed by atoms with Gasteiger partial charge in [-0.25, -0.2) is 8.42 Å². The third-order valence-corrected chi connectivity index (χ3v) is 8.02. The lowest BCUT2D eigenvalue weighted by Crippen LogP contribution is -2.13. The third kappa shape index (κ3) is 4.61. The number of hydrogen-bond acceptors (Lipinski definition) is 3. The summed E-state index contributed by atoms with van der Waals surface area (Å²) in [6, 6.07) is 21.1. The first kappa shape index (κ1) is 24.0. The Bertz CT molecular complexity index is 1470. The van der Waals surface area contributed by atoms with Crippen LogP contribution in [0, 0.1) is 0 Å². The van der Waals surface area contributed by atoms with Gasteiger partial charge in [0, 0.05) is 28.2 Å². The van der Waals surface area contributed by atoms with Crippen molar-refractivity contribution in [1.82, 2.24) is 4.57 Å². The standard InChI is InChI=1S/C27H26ClNO4S/c1-27(2,3)19-11-14-23-22(15-19)26(34(32,33)21-7-5-4-6-8-21)24(16-25(30)31)29(23)17-18-9-12-20(28)13-10-18/h4-15H,16-17H2,1-3H3,(H,30,31). The van der Waals surface area contributed by atoms with E-state index in [1.807, 2.05) is 30.3 Å². The minimum atomic E-state index is -3.99. The molecule has 0 aliphatic carbocycles. The molecule has 4 aromatic rings. The van der Waals surface area contributed by atoms with Gasteiger partial charge in [0.1, 0.15) is 4.90 Å². The van der Waals surface area contributed by atoms with Gasteiger partial charge in [0.05, 0.1) is 11.3 Å². The van der Waals surface area contributed by atoms with E-state index in [9.17, 15) is 18.3 Å². The highest BCUT2D eigenvalue weighted by Gasteiger charge is 2.31. The molecule has 0 amide bonds. The lowest BCUT2D eigenvalue weighted by Gasteiger charge is -2.19. The molecule has 1 N–H and O–H groups in total. The van der Waals surface area contributed by atoms with Gasteiger partial charge in [0.25, 0.3) is 0 Å². The van der Waals surface area contributed by atoms with Crippen molar-refractivity contribution in [3.63, 3.8) is 0 Å². The first-order valence-corrected chi connectivity index (χ1v) is 12.8. The maximum atomic E-state index is 13.9. The molecule has 0 aliphatic rings. The van der Waals surface area contributed by atoms with E-state index in [0.717, 1.165) is 11.1 Å². The highest BCUT2D eigenvalue weighted by atomic mass is 35.5. The number of halogens is 1. The molecule has 0 fully saturated rings. The number of sulfone groups is 1. The van der Waals surface area contributed by atoms with Crippen molar-refractivity contribution in [2.45, 2.75) is 48.9 Å². The lowest BCUT2D eigenvalue weighted by molar-refractivity contribution is -0.136. The summed E-state index contributed by atoms with van der Waals surface area (Å²) >= 11 is 6.04. The van der Waals surface area contributed by atoms with E-state index in [1.54, 1.807) is 34.9 Å². The first-order chi connectivity index (χ1) is 16.0. The Morgan fingerprint density at radius 2 is 1.62 bits per heavy atom. The van der Waals surface area contributed by atoms with Gasteiger partial charge >= 0.3 is 5.97 Å². The molecule has 0 aliphatic heterocycles. The summed E-state index contributed by atoms with van der Waals surface area (Å²) in [6.07, 6.45) is -0.422. The maximum absolute atomic E-state index is 13.9. The van der Waals surface area contributed by atoms with Gasteiger partial charge in [-0.05, 0) is 52.9 Å². The minimum absolute atomic E-state index is 0.0520. The van der Waals surface area contributed by atoms with Gasteiger partial charge in [-0.15, -0.1) is 0 Å². The van der Waals surface area contributed by atoms with Crippen molar-refractivity contribution < 1.29 is 18.3 Å². The number of rotatable bonds is 6. The van der Waals surface area contributed by atoms with E-state index in [-0.39, 0.29) is 20.9 Å². The molecule has 4 rings (SSSR count). The second-order valence-electron chi connectivity index (χ2n) is 9.36. The fourth-order valence-corrected chi connectivity index (χ4v) is 5.96. The number of hydrogen-bond donors (Lipinski definition) is 1. The van der Waals surface area contributed by atoms with E-state index in [0.29, 0.717) is 22.5 Å². The fraction of sp³-hybridized carbons (Fsp3) is 0.222. The summed E-state index contributed by atoms with van der Waals surface area (Å²) in [5, 5.41) is 10.9. The number of carboxylic acids is 1. The van der Waals surface area contributed by atoms with Crippen LogP contribution in [0.3, 0.4) is 0 Å². The average Bonchev–Trinajstić information content (AvgIpc) is 3.07. The van der Waals surface area contributed by atoms with Gasteiger partial charge in [-0.2, -0.15) is 0 Å². The second kappa shape index (κ2) is 8.93. The first-order valence-electron chi connectivity index (χ1n) is 10.9. The van der Waals surface area contributed by atoms with Gasteiger partial charge in [-0.1, -0.05) is 68.8 Å². The Labute approximate surface area is 204 Å². The molecule has 0 bridgehead atoms. The Balaban J connectivity index is 2.08. The van der Waals surface area contributed by atoms with E-state index in [4.69, 9.17) is 11.6 Å². The Morgan fingerprint density at radius 1 is 0.971 bits per heavy atom. The molecule has 0 radical (unpaired) electrons. The van der Waals surface area contributed by atoms with Crippen LogP contribution >= 0.6 is 11.6 Å². The average molecular weight is 496 g/mol. The van der Waals surface area contributed by atoms with Crippen molar-refractivity contribution in [2.75, 3.05) is 0 Å². The number of carboxylic acid groups (broad SMARTS) is 1. The van der Waals surface area contributed by atoms with Crippen LogP contribution in [0.15, 0.2) is 82.6 Å². The highest BCUT2D eigenvalue weighted by Crippen LogP contribution is 2.37. The van der Waals surface area contributed by atoms with Gasteiger partial charge in [0.15, 0.2) is 0 Å². The molecule has 0 saturated heterocycles. The Kier molecular flexibility index (Phi) is 6.32. The molecule has 1 heterocycles. The van der Waals surface area contributed by atoms with Gasteiger partial charge in [-0.3, -0.25) is 4.79 Å². The van der Waals surface area contributed by atoms with E-state index in [1.165, 1.54) is 12.1 Å². The third-order valence-electron chi connectivity index (χ3n) is 5.88. The van der Waals surface area contributed by atoms with Crippen LogP contribution in [0.2, 0.25) is 5.02 Å². The maximum Gasteiger partial charge on any atom is 0.309 e. The number of carbonyl (C=O) groups is 1. The molecule has 0 spiro atoms. The summed E-state index contributed by atoms with van der Waals surface area (Å²) in [6.45, 7) is 6.49. The highest BCUT2D eigenvalue weighted by molar-refractivity contribution is 7.91. The van der Waals surface area contributed by atoms with Crippen LogP contribution in [0.5, 0.6) is 0 Å². The van der Waals surface area contributed by atoms with Crippen molar-refractivity contribution >= 4 is 38.3 Å². The van der Waals surface area contributed by atoms with E-state index < -0.39 is 22.2 Å². The van der Waals surface area contributed by atoms with Crippen LogP contribution in [-0.4, -0.2) is 24.1 Å². The Hall–Kier alpha value is -3.09. The van der Waals surface area contributed by atoms with Crippen LogP contribution in [0.4, 0.5) is 0 Å². The fourth-order valence-electron chi connectivity index (χ4n) is 4.13. The number of fused-ring (bicyclic) bond motifs is 1. The smallest absolute Gasteiger partial charge is 0.309 e. The summed E-state index contributed by atoms with van der Waals surface area (Å²) < 4.78 is 29.6. The molecule has 0 atom stereocenters. The van der Waals surface area contributed by atoms with Crippen LogP contribution in [0.25, 0.3) is 10.9 Å². The quantitative estimate of drug-likeness (QED) is 0.350. The van der Waals surface area contributed by atoms with Crippen molar-refractivity contribution in [2.24, 2.45) is 0 Å². The molecule has 5 nitrogen and oxygen atoms in total. The van der Waals surface area contributed by atoms with Gasteiger partial charge < -0.3 is 9.67 Å².